The van der Waals surface area contributed by atoms with Gasteiger partial charge < -0.3 is 14.6 Å². The third kappa shape index (κ3) is 3.10. The van der Waals surface area contributed by atoms with E-state index in [2.05, 4.69) is 29.4 Å². The molecular formula is C17H23N2O2+. The van der Waals surface area contributed by atoms with E-state index in [4.69, 9.17) is 4.74 Å². The summed E-state index contributed by atoms with van der Waals surface area (Å²) in [6.45, 7) is 5.35. The van der Waals surface area contributed by atoms with E-state index in [9.17, 15) is 4.79 Å². The van der Waals surface area contributed by atoms with Crippen LogP contribution in [-0.2, 0) is 16.1 Å². The van der Waals surface area contributed by atoms with Crippen molar-refractivity contribution in [3.05, 3.63) is 36.0 Å². The number of H-pyrrole nitrogens is 1. The number of hydrogen-bond donors (Lipinski definition) is 2. The van der Waals surface area contributed by atoms with E-state index in [-0.39, 0.29) is 11.9 Å². The van der Waals surface area contributed by atoms with E-state index >= 15 is 0 Å². The van der Waals surface area contributed by atoms with E-state index in [1.54, 1.807) is 0 Å². The summed E-state index contributed by atoms with van der Waals surface area (Å²) >= 11 is 0. The molecule has 1 aromatic heterocycles. The van der Waals surface area contributed by atoms with Crippen LogP contribution in [0.25, 0.3) is 10.9 Å². The van der Waals surface area contributed by atoms with Crippen molar-refractivity contribution in [2.75, 3.05) is 19.7 Å². The molecule has 21 heavy (non-hydrogen) atoms. The van der Waals surface area contributed by atoms with Crippen LogP contribution in [0, 0.1) is 5.92 Å². The molecule has 0 spiro atoms. The fourth-order valence-corrected chi connectivity index (χ4v) is 3.32. The highest BCUT2D eigenvalue weighted by Gasteiger charge is 2.30. The lowest BCUT2D eigenvalue weighted by molar-refractivity contribution is -0.921. The molecule has 2 atom stereocenters. The van der Waals surface area contributed by atoms with Gasteiger partial charge in [0.25, 0.3) is 0 Å². The summed E-state index contributed by atoms with van der Waals surface area (Å²) in [6.07, 6.45) is 4.17. The average Bonchev–Trinajstić information content (AvgIpc) is 2.91. The van der Waals surface area contributed by atoms with Crippen molar-refractivity contribution in [2.24, 2.45) is 5.92 Å². The molecule has 2 N–H and O–H groups in total. The zero-order valence-electron chi connectivity index (χ0n) is 12.5. The van der Waals surface area contributed by atoms with Crippen molar-refractivity contribution >= 4 is 16.9 Å². The fraction of sp³-hybridized carbons (Fsp3) is 0.471. The number of para-hydroxylation sites is 1. The van der Waals surface area contributed by atoms with E-state index in [0.717, 1.165) is 32.5 Å². The molecule has 1 aromatic carbocycles. The molecular weight excluding hydrogens is 264 g/mol. The number of rotatable bonds is 4. The zero-order chi connectivity index (χ0) is 14.7. The van der Waals surface area contributed by atoms with Gasteiger partial charge in [-0.1, -0.05) is 18.2 Å². The maximum absolute atomic E-state index is 11.9. The number of esters is 1. The normalized spacial score (nSPS) is 22.3. The number of ether oxygens (including phenoxy) is 1. The first-order valence-electron chi connectivity index (χ1n) is 7.83. The molecule has 1 aliphatic heterocycles. The monoisotopic (exact) mass is 287 g/mol. The predicted octanol–water partition coefficient (Wildman–Crippen LogP) is 1.53. The van der Waals surface area contributed by atoms with E-state index in [1.165, 1.54) is 21.4 Å². The molecule has 1 fully saturated rings. The Morgan fingerprint density at radius 3 is 3.14 bits per heavy atom. The van der Waals surface area contributed by atoms with Crippen LogP contribution in [0.2, 0.25) is 0 Å². The number of nitrogens with one attached hydrogen (secondary N) is 2. The van der Waals surface area contributed by atoms with Crippen LogP contribution in [0.15, 0.2) is 30.5 Å². The summed E-state index contributed by atoms with van der Waals surface area (Å²) in [4.78, 5) is 16.7. The van der Waals surface area contributed by atoms with Gasteiger partial charge in [-0.05, 0) is 25.8 Å². The Kier molecular flexibility index (Phi) is 4.25. The minimum Gasteiger partial charge on any atom is -0.466 e. The lowest BCUT2D eigenvalue weighted by atomic mass is 9.97. The molecule has 0 radical (unpaired) electrons. The van der Waals surface area contributed by atoms with E-state index in [1.807, 2.05) is 13.0 Å². The second kappa shape index (κ2) is 6.31. The highest BCUT2D eigenvalue weighted by atomic mass is 16.5. The summed E-state index contributed by atoms with van der Waals surface area (Å²) in [5.74, 6) is 0.0486. The quantitative estimate of drug-likeness (QED) is 0.838. The first-order valence-corrected chi connectivity index (χ1v) is 7.83. The standard InChI is InChI=1S/C17H22N2O2/c1-2-21-17(20)13-6-5-9-19(11-13)12-14-10-18-16-8-4-3-7-15(14)16/h3-4,7-8,10,13,18H,2,5-6,9,11-12H2,1H3/p+1/t13-/m1/s1. The Balaban J connectivity index is 1.68. The summed E-state index contributed by atoms with van der Waals surface area (Å²) < 4.78 is 5.18. The second-order valence-electron chi connectivity index (χ2n) is 5.83. The number of piperidine rings is 1. The van der Waals surface area contributed by atoms with Crippen LogP contribution >= 0.6 is 0 Å². The van der Waals surface area contributed by atoms with Gasteiger partial charge in [-0.3, -0.25) is 4.79 Å². The van der Waals surface area contributed by atoms with Crippen molar-refractivity contribution in [3.8, 4) is 0 Å². The number of aromatic amines is 1. The number of benzene rings is 1. The van der Waals surface area contributed by atoms with Crippen LogP contribution in [-0.4, -0.2) is 30.6 Å². The number of aromatic nitrogens is 1. The van der Waals surface area contributed by atoms with Crippen molar-refractivity contribution in [2.45, 2.75) is 26.3 Å². The number of likely N-dealkylation sites (tertiary alicyclic amines) is 1. The first-order chi connectivity index (χ1) is 10.3. The van der Waals surface area contributed by atoms with Crippen molar-refractivity contribution in [3.63, 3.8) is 0 Å². The fourth-order valence-electron chi connectivity index (χ4n) is 3.32. The van der Waals surface area contributed by atoms with Crippen LogP contribution in [0.1, 0.15) is 25.3 Å². The second-order valence-corrected chi connectivity index (χ2v) is 5.83. The van der Waals surface area contributed by atoms with Gasteiger partial charge in [0.05, 0.1) is 19.7 Å². The lowest BCUT2D eigenvalue weighted by Crippen LogP contribution is -3.12. The van der Waals surface area contributed by atoms with Crippen LogP contribution in [0.4, 0.5) is 0 Å². The van der Waals surface area contributed by atoms with Gasteiger partial charge in [0, 0.05) is 22.7 Å². The summed E-state index contributed by atoms with van der Waals surface area (Å²) in [7, 11) is 0. The van der Waals surface area contributed by atoms with Gasteiger partial charge in [0.2, 0.25) is 0 Å². The van der Waals surface area contributed by atoms with Gasteiger partial charge in [0.1, 0.15) is 12.5 Å². The summed E-state index contributed by atoms with van der Waals surface area (Å²) in [5.41, 5.74) is 2.52. The molecule has 3 rings (SSSR count). The van der Waals surface area contributed by atoms with Crippen LogP contribution in [0.3, 0.4) is 0 Å². The van der Waals surface area contributed by atoms with Crippen molar-refractivity contribution < 1.29 is 14.4 Å². The van der Waals surface area contributed by atoms with Crippen LogP contribution in [0.5, 0.6) is 0 Å². The van der Waals surface area contributed by atoms with E-state index in [0.29, 0.717) is 6.61 Å². The van der Waals surface area contributed by atoms with Gasteiger partial charge >= 0.3 is 5.97 Å². The molecule has 0 aliphatic carbocycles. The lowest BCUT2D eigenvalue weighted by Gasteiger charge is -2.28. The van der Waals surface area contributed by atoms with Gasteiger partial charge in [0.15, 0.2) is 0 Å². The molecule has 0 amide bonds. The first kappa shape index (κ1) is 14.1. The van der Waals surface area contributed by atoms with Crippen molar-refractivity contribution in [1.82, 2.24) is 4.98 Å². The summed E-state index contributed by atoms with van der Waals surface area (Å²) in [5, 5.41) is 1.29. The molecule has 4 heteroatoms. The molecule has 112 valence electrons. The third-order valence-corrected chi connectivity index (χ3v) is 4.35. The predicted molar refractivity (Wildman–Crippen MR) is 82.1 cm³/mol. The third-order valence-electron chi connectivity index (χ3n) is 4.35. The highest BCUT2D eigenvalue weighted by molar-refractivity contribution is 5.82. The number of hydrogen-bond acceptors (Lipinski definition) is 2. The Bertz CT molecular complexity index is 620. The largest absolute Gasteiger partial charge is 0.466 e. The maximum atomic E-state index is 11.9. The topological polar surface area (TPSA) is 46.5 Å². The van der Waals surface area contributed by atoms with E-state index < -0.39 is 0 Å². The molecule has 4 nitrogen and oxygen atoms in total. The molecule has 2 aromatic rings. The molecule has 2 heterocycles. The van der Waals surface area contributed by atoms with Gasteiger partial charge in [-0.2, -0.15) is 0 Å². The van der Waals surface area contributed by atoms with Gasteiger partial charge in [-0.15, -0.1) is 0 Å². The Morgan fingerprint density at radius 2 is 2.29 bits per heavy atom. The zero-order valence-corrected chi connectivity index (χ0v) is 12.5. The van der Waals surface area contributed by atoms with Crippen molar-refractivity contribution in [1.29, 1.82) is 0 Å². The molecule has 0 saturated carbocycles. The molecule has 0 bridgehead atoms. The van der Waals surface area contributed by atoms with Gasteiger partial charge in [-0.25, -0.2) is 0 Å². The Hall–Kier alpha value is -1.81. The minimum atomic E-state index is -0.0198. The summed E-state index contributed by atoms with van der Waals surface area (Å²) in [6, 6.07) is 8.39. The molecule has 1 aliphatic rings. The average molecular weight is 287 g/mol. The minimum absolute atomic E-state index is 0.0198. The number of quaternary nitrogens is 1. The Morgan fingerprint density at radius 1 is 1.43 bits per heavy atom. The molecule has 1 unspecified atom stereocenters. The van der Waals surface area contributed by atoms with Crippen LogP contribution < -0.4 is 4.90 Å². The number of fused-ring (bicyclic) bond motifs is 1. The smallest absolute Gasteiger partial charge is 0.314 e. The molecule has 1 saturated heterocycles. The number of carbonyl (C=O) groups excluding carboxylic acids is 1. The number of carbonyl (C=O) groups is 1. The highest BCUT2D eigenvalue weighted by Crippen LogP contribution is 2.17. The SMILES string of the molecule is CCOC(=O)[C@@H]1CCC[NH+](Cc2c[nH]c3ccccc23)C1. The Labute approximate surface area is 125 Å². The maximum Gasteiger partial charge on any atom is 0.314 e.